The Morgan fingerprint density at radius 1 is 1.35 bits per heavy atom. The second kappa shape index (κ2) is 5.80. The first-order valence-corrected chi connectivity index (χ1v) is 6.46. The molecule has 1 atom stereocenters. The fourth-order valence-corrected chi connectivity index (χ4v) is 2.02. The van der Waals surface area contributed by atoms with E-state index in [1.54, 1.807) is 17.5 Å². The van der Waals surface area contributed by atoms with Crippen molar-refractivity contribution < 1.29 is 9.84 Å². The van der Waals surface area contributed by atoms with E-state index in [2.05, 4.69) is 4.98 Å². The van der Waals surface area contributed by atoms with Crippen molar-refractivity contribution in [3.63, 3.8) is 0 Å². The van der Waals surface area contributed by atoms with E-state index in [0.717, 1.165) is 22.7 Å². The van der Waals surface area contributed by atoms with Gasteiger partial charge in [0.05, 0.1) is 6.10 Å². The first-order chi connectivity index (χ1) is 8.29. The Bertz CT molecular complexity index is 439. The van der Waals surface area contributed by atoms with Gasteiger partial charge in [-0.25, -0.2) is 4.98 Å². The second-order valence-corrected chi connectivity index (χ2v) is 4.69. The van der Waals surface area contributed by atoms with Crippen LogP contribution in [0.4, 0.5) is 0 Å². The summed E-state index contributed by atoms with van der Waals surface area (Å²) in [4.78, 5) is 4.14. The highest BCUT2D eigenvalue weighted by molar-refractivity contribution is 7.09. The van der Waals surface area contributed by atoms with Crippen LogP contribution in [-0.4, -0.2) is 10.1 Å². The van der Waals surface area contributed by atoms with E-state index in [4.69, 9.17) is 4.74 Å². The molecule has 2 aromatic rings. The highest BCUT2D eigenvalue weighted by atomic mass is 32.1. The van der Waals surface area contributed by atoms with Crippen LogP contribution >= 0.6 is 11.3 Å². The van der Waals surface area contributed by atoms with E-state index in [0.29, 0.717) is 6.61 Å². The molecule has 1 N–H and O–H groups in total. The van der Waals surface area contributed by atoms with Crippen LogP contribution < -0.4 is 4.74 Å². The SMILES string of the molecule is CC[C@H](O)c1ccc(OCc2nccs2)cc1. The van der Waals surface area contributed by atoms with Crippen LogP contribution in [-0.2, 0) is 6.61 Å². The van der Waals surface area contributed by atoms with Gasteiger partial charge in [0.15, 0.2) is 0 Å². The first kappa shape index (κ1) is 12.1. The van der Waals surface area contributed by atoms with E-state index in [1.165, 1.54) is 0 Å². The Kier molecular flexibility index (Phi) is 4.12. The smallest absolute Gasteiger partial charge is 0.140 e. The standard InChI is InChI=1S/C13H15NO2S/c1-2-12(15)10-3-5-11(6-4-10)16-9-13-14-7-8-17-13/h3-8,12,15H,2,9H2,1H3/t12-/m0/s1. The molecule has 0 bridgehead atoms. The van der Waals surface area contributed by atoms with E-state index in [-0.39, 0.29) is 6.10 Å². The van der Waals surface area contributed by atoms with Crippen molar-refractivity contribution in [2.24, 2.45) is 0 Å². The normalized spacial score (nSPS) is 12.4. The fourth-order valence-electron chi connectivity index (χ4n) is 1.49. The number of thiazole rings is 1. The van der Waals surface area contributed by atoms with Gasteiger partial charge >= 0.3 is 0 Å². The maximum absolute atomic E-state index is 9.65. The number of hydrogen-bond donors (Lipinski definition) is 1. The number of aromatic nitrogens is 1. The van der Waals surface area contributed by atoms with Gasteiger partial charge in [-0.05, 0) is 24.1 Å². The molecule has 2 rings (SSSR count). The molecule has 0 spiro atoms. The number of aliphatic hydroxyl groups excluding tert-OH is 1. The third-order valence-electron chi connectivity index (χ3n) is 2.50. The zero-order valence-corrected chi connectivity index (χ0v) is 10.5. The van der Waals surface area contributed by atoms with Crippen LogP contribution in [0.2, 0.25) is 0 Å². The van der Waals surface area contributed by atoms with Gasteiger partial charge in [0.2, 0.25) is 0 Å². The van der Waals surface area contributed by atoms with E-state index >= 15 is 0 Å². The quantitative estimate of drug-likeness (QED) is 0.885. The van der Waals surface area contributed by atoms with Gasteiger partial charge in [-0.2, -0.15) is 0 Å². The highest BCUT2D eigenvalue weighted by Gasteiger charge is 2.04. The number of aliphatic hydroxyl groups is 1. The number of rotatable bonds is 5. The molecule has 0 aliphatic carbocycles. The third-order valence-corrected chi connectivity index (χ3v) is 3.25. The average Bonchev–Trinajstić information content (AvgIpc) is 2.89. The molecule has 90 valence electrons. The Morgan fingerprint density at radius 2 is 2.12 bits per heavy atom. The van der Waals surface area contributed by atoms with Crippen LogP contribution in [0.5, 0.6) is 5.75 Å². The lowest BCUT2D eigenvalue weighted by atomic mass is 10.1. The molecule has 1 aromatic carbocycles. The zero-order valence-electron chi connectivity index (χ0n) is 9.67. The number of nitrogens with zero attached hydrogens (tertiary/aromatic N) is 1. The van der Waals surface area contributed by atoms with Crippen LogP contribution in [0, 0.1) is 0 Å². The van der Waals surface area contributed by atoms with Gasteiger partial charge in [-0.15, -0.1) is 11.3 Å². The van der Waals surface area contributed by atoms with Crippen molar-refractivity contribution in [1.29, 1.82) is 0 Å². The second-order valence-electron chi connectivity index (χ2n) is 3.71. The molecule has 1 heterocycles. The van der Waals surface area contributed by atoms with Gasteiger partial charge in [0.25, 0.3) is 0 Å². The van der Waals surface area contributed by atoms with Crippen molar-refractivity contribution in [3.05, 3.63) is 46.4 Å². The summed E-state index contributed by atoms with van der Waals surface area (Å²) < 4.78 is 5.59. The summed E-state index contributed by atoms with van der Waals surface area (Å²) in [7, 11) is 0. The Labute approximate surface area is 105 Å². The number of hydrogen-bond acceptors (Lipinski definition) is 4. The predicted molar refractivity (Wildman–Crippen MR) is 68.1 cm³/mol. The molecule has 0 unspecified atom stereocenters. The number of benzene rings is 1. The fraction of sp³-hybridized carbons (Fsp3) is 0.308. The average molecular weight is 249 g/mol. The van der Waals surface area contributed by atoms with Crippen LogP contribution in [0.3, 0.4) is 0 Å². The van der Waals surface area contributed by atoms with Crippen LogP contribution in [0.1, 0.15) is 30.0 Å². The molecular weight excluding hydrogens is 234 g/mol. The van der Waals surface area contributed by atoms with E-state index in [9.17, 15) is 5.11 Å². The van der Waals surface area contributed by atoms with Crippen molar-refractivity contribution in [2.75, 3.05) is 0 Å². The monoisotopic (exact) mass is 249 g/mol. The van der Waals surface area contributed by atoms with Crippen LogP contribution in [0.15, 0.2) is 35.8 Å². The van der Waals surface area contributed by atoms with Gasteiger partial charge in [-0.3, -0.25) is 0 Å². The summed E-state index contributed by atoms with van der Waals surface area (Å²) >= 11 is 1.58. The maximum Gasteiger partial charge on any atom is 0.140 e. The summed E-state index contributed by atoms with van der Waals surface area (Å²) in [5, 5.41) is 12.5. The molecule has 0 aliphatic heterocycles. The van der Waals surface area contributed by atoms with Crippen molar-refractivity contribution in [2.45, 2.75) is 26.1 Å². The van der Waals surface area contributed by atoms with Gasteiger partial charge in [0, 0.05) is 11.6 Å². The Morgan fingerprint density at radius 3 is 2.71 bits per heavy atom. The summed E-state index contributed by atoms with van der Waals surface area (Å²) in [6, 6.07) is 7.54. The van der Waals surface area contributed by atoms with E-state index < -0.39 is 0 Å². The molecule has 17 heavy (non-hydrogen) atoms. The molecule has 0 radical (unpaired) electrons. The topological polar surface area (TPSA) is 42.4 Å². The molecule has 4 heteroatoms. The molecule has 3 nitrogen and oxygen atoms in total. The van der Waals surface area contributed by atoms with Crippen molar-refractivity contribution in [3.8, 4) is 5.75 Å². The molecule has 0 amide bonds. The zero-order chi connectivity index (χ0) is 12.1. The van der Waals surface area contributed by atoms with Gasteiger partial charge in [-0.1, -0.05) is 19.1 Å². The Hall–Kier alpha value is -1.39. The van der Waals surface area contributed by atoms with Crippen molar-refractivity contribution >= 4 is 11.3 Å². The lowest BCUT2D eigenvalue weighted by Gasteiger charge is -2.09. The lowest BCUT2D eigenvalue weighted by Crippen LogP contribution is -1.97. The molecule has 0 saturated carbocycles. The molecular formula is C13H15NO2S. The molecule has 1 aromatic heterocycles. The lowest BCUT2D eigenvalue weighted by molar-refractivity contribution is 0.173. The molecule has 0 aliphatic rings. The number of ether oxygens (including phenoxy) is 1. The maximum atomic E-state index is 9.65. The minimum Gasteiger partial charge on any atom is -0.486 e. The summed E-state index contributed by atoms with van der Waals surface area (Å²) in [5.74, 6) is 0.798. The summed E-state index contributed by atoms with van der Waals surface area (Å²) in [5.41, 5.74) is 0.925. The minimum absolute atomic E-state index is 0.386. The summed E-state index contributed by atoms with van der Waals surface area (Å²) in [6.45, 7) is 2.45. The highest BCUT2D eigenvalue weighted by Crippen LogP contribution is 2.20. The van der Waals surface area contributed by atoms with Crippen molar-refractivity contribution in [1.82, 2.24) is 4.98 Å². The molecule has 0 saturated heterocycles. The molecule has 0 fully saturated rings. The predicted octanol–water partition coefficient (Wildman–Crippen LogP) is 3.17. The summed E-state index contributed by atoms with van der Waals surface area (Å²) in [6.07, 6.45) is 2.10. The van der Waals surface area contributed by atoms with Gasteiger partial charge in [0.1, 0.15) is 17.4 Å². The minimum atomic E-state index is -0.386. The van der Waals surface area contributed by atoms with E-state index in [1.807, 2.05) is 36.6 Å². The Balaban J connectivity index is 1.94. The van der Waals surface area contributed by atoms with Gasteiger partial charge < -0.3 is 9.84 Å². The third kappa shape index (κ3) is 3.28. The van der Waals surface area contributed by atoms with Crippen LogP contribution in [0.25, 0.3) is 0 Å². The largest absolute Gasteiger partial charge is 0.486 e. The first-order valence-electron chi connectivity index (χ1n) is 5.58.